The summed E-state index contributed by atoms with van der Waals surface area (Å²) in [5.41, 5.74) is 1.26. The number of carbonyl (C=O) groups excluding carboxylic acids is 1. The highest BCUT2D eigenvalue weighted by Gasteiger charge is 2.25. The summed E-state index contributed by atoms with van der Waals surface area (Å²) in [7, 11) is 0. The molecule has 1 fully saturated rings. The molecule has 2 nitrogen and oxygen atoms in total. The maximum atomic E-state index is 13.5. The van der Waals surface area contributed by atoms with Crippen LogP contribution in [-0.2, 0) is 9.53 Å². The van der Waals surface area contributed by atoms with Gasteiger partial charge in [0.05, 0.1) is 12.2 Å². The molecule has 0 aromatic rings. The summed E-state index contributed by atoms with van der Waals surface area (Å²) in [6.45, 7) is 4.16. The molecule has 0 bridgehead atoms. The lowest BCUT2D eigenvalue weighted by Gasteiger charge is -2.27. The lowest BCUT2D eigenvalue weighted by molar-refractivity contribution is -0.139. The van der Waals surface area contributed by atoms with Crippen LogP contribution in [0.2, 0.25) is 0 Å². The molecule has 2 aliphatic carbocycles. The summed E-state index contributed by atoms with van der Waals surface area (Å²) < 4.78 is 18.8. The van der Waals surface area contributed by atoms with E-state index in [0.29, 0.717) is 30.6 Å². The van der Waals surface area contributed by atoms with Crippen LogP contribution in [0.5, 0.6) is 0 Å². The van der Waals surface area contributed by atoms with Crippen molar-refractivity contribution >= 4 is 5.97 Å². The Hall–Kier alpha value is -1.64. The van der Waals surface area contributed by atoms with Crippen LogP contribution in [0, 0.1) is 5.92 Å². The third-order valence-electron chi connectivity index (χ3n) is 3.87. The number of esters is 1. The highest BCUT2D eigenvalue weighted by atomic mass is 19.1. The Morgan fingerprint density at radius 1 is 1.40 bits per heavy atom. The second-order valence-corrected chi connectivity index (χ2v) is 5.28. The van der Waals surface area contributed by atoms with Gasteiger partial charge in [0.25, 0.3) is 0 Å². The second kappa shape index (κ2) is 7.22. The molecular weight excluding hydrogens is 255 g/mol. The summed E-state index contributed by atoms with van der Waals surface area (Å²) in [4.78, 5) is 11.9. The SMILES string of the molecule is C=C1C(F)CCCC1CCOC(=O)C1=CCC=CC=C1. The zero-order valence-electron chi connectivity index (χ0n) is 11.7. The van der Waals surface area contributed by atoms with Crippen LogP contribution in [-0.4, -0.2) is 18.7 Å². The quantitative estimate of drug-likeness (QED) is 0.572. The summed E-state index contributed by atoms with van der Waals surface area (Å²) >= 11 is 0. The normalized spacial score (nSPS) is 26.1. The topological polar surface area (TPSA) is 26.3 Å². The van der Waals surface area contributed by atoms with Gasteiger partial charge < -0.3 is 4.74 Å². The van der Waals surface area contributed by atoms with Crippen molar-refractivity contribution in [1.29, 1.82) is 0 Å². The molecule has 2 unspecified atom stereocenters. The summed E-state index contributed by atoms with van der Waals surface area (Å²) in [6.07, 6.45) is 12.2. The molecule has 0 aliphatic heterocycles. The number of alkyl halides is 1. The van der Waals surface area contributed by atoms with Crippen molar-refractivity contribution in [3.63, 3.8) is 0 Å². The fourth-order valence-electron chi connectivity index (χ4n) is 2.61. The fraction of sp³-hybridized carbons (Fsp3) is 0.471. The molecule has 2 aliphatic rings. The monoisotopic (exact) mass is 276 g/mol. The molecule has 0 N–H and O–H groups in total. The van der Waals surface area contributed by atoms with E-state index in [9.17, 15) is 9.18 Å². The lowest BCUT2D eigenvalue weighted by atomic mass is 9.82. The molecule has 0 aromatic heterocycles. The Morgan fingerprint density at radius 2 is 2.25 bits per heavy atom. The first-order chi connectivity index (χ1) is 9.68. The Kier molecular flexibility index (Phi) is 5.33. The van der Waals surface area contributed by atoms with Gasteiger partial charge in [-0.15, -0.1) is 0 Å². The molecule has 0 radical (unpaired) electrons. The first-order valence-electron chi connectivity index (χ1n) is 7.21. The van der Waals surface area contributed by atoms with Gasteiger partial charge in [-0.3, -0.25) is 0 Å². The maximum absolute atomic E-state index is 13.5. The molecule has 0 spiro atoms. The number of hydrogen-bond acceptors (Lipinski definition) is 2. The molecule has 108 valence electrons. The van der Waals surface area contributed by atoms with Crippen molar-refractivity contribution in [2.45, 2.75) is 38.3 Å². The number of ether oxygens (including phenoxy) is 1. The number of halogens is 1. The van der Waals surface area contributed by atoms with Gasteiger partial charge in [-0.25, -0.2) is 9.18 Å². The van der Waals surface area contributed by atoms with E-state index in [1.807, 2.05) is 24.3 Å². The van der Waals surface area contributed by atoms with Gasteiger partial charge in [0.2, 0.25) is 0 Å². The molecule has 3 heteroatoms. The third kappa shape index (κ3) is 3.92. The summed E-state index contributed by atoms with van der Waals surface area (Å²) in [6, 6.07) is 0. The zero-order chi connectivity index (χ0) is 14.4. The highest BCUT2D eigenvalue weighted by Crippen LogP contribution is 2.32. The number of rotatable bonds is 4. The van der Waals surface area contributed by atoms with E-state index >= 15 is 0 Å². The number of allylic oxidation sites excluding steroid dienone is 5. The third-order valence-corrected chi connectivity index (χ3v) is 3.87. The molecule has 0 heterocycles. The Bertz CT molecular complexity index is 460. The Labute approximate surface area is 119 Å². The van der Waals surface area contributed by atoms with Gasteiger partial charge in [-0.2, -0.15) is 0 Å². The standard InChI is InChI=1S/C17H21FO2/c1-13-14(9-6-10-16(13)18)11-12-20-17(19)15-7-4-2-3-5-8-15/h2-4,7-8,14,16H,1,5-6,9-12H2. The predicted octanol–water partition coefficient (Wildman–Crippen LogP) is 4.06. The van der Waals surface area contributed by atoms with Crippen molar-refractivity contribution in [2.24, 2.45) is 5.92 Å². The first kappa shape index (κ1) is 14.8. The smallest absolute Gasteiger partial charge is 0.337 e. The average molecular weight is 276 g/mol. The van der Waals surface area contributed by atoms with E-state index in [1.54, 1.807) is 6.08 Å². The molecule has 0 saturated heterocycles. The second-order valence-electron chi connectivity index (χ2n) is 5.28. The van der Waals surface area contributed by atoms with Crippen LogP contribution >= 0.6 is 0 Å². The van der Waals surface area contributed by atoms with Gasteiger partial charge in [0.15, 0.2) is 0 Å². The molecule has 0 aromatic carbocycles. The van der Waals surface area contributed by atoms with Crippen molar-refractivity contribution in [3.05, 3.63) is 48.1 Å². The minimum absolute atomic E-state index is 0.145. The lowest BCUT2D eigenvalue weighted by Crippen LogP contribution is -2.21. The van der Waals surface area contributed by atoms with E-state index in [1.165, 1.54) is 0 Å². The number of carbonyl (C=O) groups is 1. The van der Waals surface area contributed by atoms with Gasteiger partial charge >= 0.3 is 5.97 Å². The molecule has 2 atom stereocenters. The van der Waals surface area contributed by atoms with E-state index < -0.39 is 6.17 Å². The minimum Gasteiger partial charge on any atom is -0.462 e. The zero-order valence-corrected chi connectivity index (χ0v) is 11.7. The van der Waals surface area contributed by atoms with Crippen molar-refractivity contribution in [3.8, 4) is 0 Å². The van der Waals surface area contributed by atoms with Gasteiger partial charge in [0, 0.05) is 0 Å². The van der Waals surface area contributed by atoms with E-state index in [4.69, 9.17) is 4.74 Å². The van der Waals surface area contributed by atoms with E-state index in [-0.39, 0.29) is 11.9 Å². The van der Waals surface area contributed by atoms with Crippen LogP contribution in [0.1, 0.15) is 32.1 Å². The molecule has 1 saturated carbocycles. The van der Waals surface area contributed by atoms with Gasteiger partial charge in [-0.1, -0.05) is 30.9 Å². The van der Waals surface area contributed by atoms with Crippen LogP contribution in [0.4, 0.5) is 4.39 Å². The molecular formula is C17H21FO2. The predicted molar refractivity (Wildman–Crippen MR) is 77.9 cm³/mol. The number of hydrogen-bond donors (Lipinski definition) is 0. The van der Waals surface area contributed by atoms with Crippen molar-refractivity contribution < 1.29 is 13.9 Å². The van der Waals surface area contributed by atoms with E-state index in [0.717, 1.165) is 19.3 Å². The molecule has 0 amide bonds. The van der Waals surface area contributed by atoms with Crippen molar-refractivity contribution in [1.82, 2.24) is 0 Å². The van der Waals surface area contributed by atoms with Crippen LogP contribution in [0.15, 0.2) is 48.1 Å². The molecule has 2 rings (SSSR count). The summed E-state index contributed by atoms with van der Waals surface area (Å²) in [5, 5.41) is 0. The van der Waals surface area contributed by atoms with Crippen LogP contribution < -0.4 is 0 Å². The largest absolute Gasteiger partial charge is 0.462 e. The molecule has 20 heavy (non-hydrogen) atoms. The Morgan fingerprint density at radius 3 is 3.10 bits per heavy atom. The van der Waals surface area contributed by atoms with Gasteiger partial charge in [0.1, 0.15) is 6.17 Å². The maximum Gasteiger partial charge on any atom is 0.337 e. The van der Waals surface area contributed by atoms with E-state index in [2.05, 4.69) is 6.58 Å². The van der Waals surface area contributed by atoms with Crippen LogP contribution in [0.25, 0.3) is 0 Å². The Balaban J connectivity index is 1.77. The summed E-state index contributed by atoms with van der Waals surface area (Å²) in [5.74, 6) is -0.157. The fourth-order valence-corrected chi connectivity index (χ4v) is 2.61. The average Bonchev–Trinajstić information content (AvgIpc) is 2.72. The highest BCUT2D eigenvalue weighted by molar-refractivity contribution is 5.91. The first-order valence-corrected chi connectivity index (χ1v) is 7.21. The minimum atomic E-state index is -0.886. The van der Waals surface area contributed by atoms with Crippen molar-refractivity contribution in [2.75, 3.05) is 6.61 Å². The van der Waals surface area contributed by atoms with Crippen LogP contribution in [0.3, 0.4) is 0 Å². The van der Waals surface area contributed by atoms with Gasteiger partial charge in [-0.05, 0) is 49.7 Å².